The number of ether oxygens (including phenoxy) is 1. The molecule has 1 aliphatic rings. The van der Waals surface area contributed by atoms with Crippen molar-refractivity contribution in [1.29, 1.82) is 0 Å². The van der Waals surface area contributed by atoms with Crippen LogP contribution in [-0.2, 0) is 10.4 Å². The standard InChI is InChI=1S/C8H17B5N4O5/c9-3-15-4(14)16-5(20)17(3)7(11)2(19)1(18)6(10,22-7)8(12,13)21/h1-2,18-19,21H,9-13H2,(H2,14,16,20)/t1?,2?,6-,7-/m0/s1. The van der Waals surface area contributed by atoms with Gasteiger partial charge in [0, 0.05) is 5.40 Å². The van der Waals surface area contributed by atoms with Gasteiger partial charge in [-0.1, -0.05) is 0 Å². The van der Waals surface area contributed by atoms with E-state index in [2.05, 4.69) is 9.97 Å². The lowest BCUT2D eigenvalue weighted by Gasteiger charge is -2.41. The molecule has 14 heteroatoms. The van der Waals surface area contributed by atoms with Crippen molar-refractivity contribution in [3.63, 3.8) is 0 Å². The van der Waals surface area contributed by atoms with E-state index in [4.69, 9.17) is 10.5 Å². The van der Waals surface area contributed by atoms with Gasteiger partial charge in [-0.3, -0.25) is 4.57 Å². The highest BCUT2D eigenvalue weighted by Crippen LogP contribution is 2.41. The monoisotopic (exact) mass is 304 g/mol. The summed E-state index contributed by atoms with van der Waals surface area (Å²) >= 11 is 0. The molecule has 1 aliphatic heterocycles. The van der Waals surface area contributed by atoms with E-state index in [1.165, 1.54) is 39.2 Å². The summed E-state index contributed by atoms with van der Waals surface area (Å²) in [5.41, 5.74) is 1.68. The third kappa shape index (κ3) is 2.21. The van der Waals surface area contributed by atoms with Crippen molar-refractivity contribution in [2.45, 2.75) is 28.7 Å². The van der Waals surface area contributed by atoms with E-state index in [0.29, 0.717) is 0 Å². The van der Waals surface area contributed by atoms with Crippen LogP contribution in [0.4, 0.5) is 5.95 Å². The molecule has 0 aliphatic carbocycles. The van der Waals surface area contributed by atoms with E-state index in [0.717, 1.165) is 4.57 Å². The van der Waals surface area contributed by atoms with Crippen LogP contribution in [0.2, 0.25) is 0 Å². The summed E-state index contributed by atoms with van der Waals surface area (Å²) in [5.74, 6) is -0.194. The fourth-order valence-electron chi connectivity index (χ4n) is 2.85. The van der Waals surface area contributed by atoms with Crippen LogP contribution >= 0.6 is 0 Å². The van der Waals surface area contributed by atoms with Gasteiger partial charge in [0.25, 0.3) is 0 Å². The van der Waals surface area contributed by atoms with Gasteiger partial charge in [0.15, 0.2) is 15.7 Å². The molecule has 114 valence electrons. The summed E-state index contributed by atoms with van der Waals surface area (Å²) in [6.07, 6.45) is -2.91. The van der Waals surface area contributed by atoms with Crippen LogP contribution in [0.25, 0.3) is 0 Å². The predicted octanol–water partition coefficient (Wildman–Crippen LogP) is -9.28. The van der Waals surface area contributed by atoms with Gasteiger partial charge >= 0.3 is 5.69 Å². The molecule has 4 atom stereocenters. The molecule has 2 heterocycles. The molecule has 5 N–H and O–H groups in total. The van der Waals surface area contributed by atoms with Gasteiger partial charge in [-0.25, -0.2) is 9.78 Å². The zero-order valence-electron chi connectivity index (χ0n) is 13.2. The molecule has 0 bridgehead atoms. The van der Waals surface area contributed by atoms with Gasteiger partial charge in [-0.05, 0) is 0 Å². The number of nitrogen functional groups attached to an aromatic ring is 1. The van der Waals surface area contributed by atoms with Crippen LogP contribution in [0.1, 0.15) is 0 Å². The van der Waals surface area contributed by atoms with Crippen LogP contribution < -0.4 is 17.1 Å². The van der Waals surface area contributed by atoms with E-state index in [1.807, 2.05) is 0 Å². The first kappa shape index (κ1) is 17.1. The highest BCUT2D eigenvalue weighted by Gasteiger charge is 2.63. The second kappa shape index (κ2) is 4.88. The second-order valence-electron chi connectivity index (χ2n) is 6.46. The number of aliphatic hydroxyl groups excluding tert-OH is 2. The molecule has 0 aromatic carbocycles. The minimum absolute atomic E-state index is 0.172. The average Bonchev–Trinajstić information content (AvgIpc) is 2.50. The zero-order valence-corrected chi connectivity index (χ0v) is 13.2. The Hall–Kier alpha value is -1.23. The van der Waals surface area contributed by atoms with Crippen molar-refractivity contribution in [1.82, 2.24) is 14.5 Å². The SMILES string of the molecule is Bc1nc(N)nc(=O)n1[C@]1(B)O[C@](B)(C(B)(B)O)C(O)C1O. The van der Waals surface area contributed by atoms with Crippen molar-refractivity contribution in [3.8, 4) is 0 Å². The van der Waals surface area contributed by atoms with E-state index < -0.39 is 34.4 Å². The molecular weight excluding hydrogens is 286 g/mol. The molecular formula is C8H17B5N4O5. The first-order valence-electron chi connectivity index (χ1n) is 6.87. The molecule has 2 rings (SSSR count). The Labute approximate surface area is 131 Å². The van der Waals surface area contributed by atoms with E-state index in [-0.39, 0.29) is 11.7 Å². The topological polar surface area (TPSA) is 144 Å². The molecule has 22 heavy (non-hydrogen) atoms. The molecule has 0 radical (unpaired) electrons. The normalized spacial score (nSPS) is 35.6. The van der Waals surface area contributed by atoms with Gasteiger partial charge in [-0.15, -0.1) is 0 Å². The minimum Gasteiger partial charge on any atom is -0.405 e. The fourth-order valence-corrected chi connectivity index (χ4v) is 2.85. The molecule has 2 unspecified atom stereocenters. The van der Waals surface area contributed by atoms with E-state index >= 15 is 0 Å². The van der Waals surface area contributed by atoms with Crippen molar-refractivity contribution in [2.24, 2.45) is 0 Å². The first-order valence-corrected chi connectivity index (χ1v) is 6.87. The fraction of sp³-hybridized carbons (Fsp3) is 0.625. The summed E-state index contributed by atoms with van der Waals surface area (Å²) in [6.45, 7) is 0. The Kier molecular flexibility index (Phi) is 3.80. The molecule has 1 saturated heterocycles. The summed E-state index contributed by atoms with van der Waals surface area (Å²) in [6, 6.07) is 0. The predicted molar refractivity (Wildman–Crippen MR) is 91.8 cm³/mol. The number of nitrogens with zero attached hydrogens (tertiary/aromatic N) is 3. The lowest BCUT2D eigenvalue weighted by atomic mass is 9.47. The maximum absolute atomic E-state index is 12.2. The van der Waals surface area contributed by atoms with Crippen molar-refractivity contribution in [3.05, 3.63) is 10.5 Å². The Morgan fingerprint density at radius 2 is 1.82 bits per heavy atom. The van der Waals surface area contributed by atoms with Crippen LogP contribution in [0.3, 0.4) is 0 Å². The van der Waals surface area contributed by atoms with Crippen molar-refractivity contribution < 1.29 is 20.1 Å². The molecule has 0 spiro atoms. The zero-order chi connectivity index (χ0) is 17.1. The number of hydrogen-bond donors (Lipinski definition) is 4. The third-order valence-corrected chi connectivity index (χ3v) is 4.49. The smallest absolute Gasteiger partial charge is 0.353 e. The number of rotatable bonds is 2. The molecule has 1 fully saturated rings. The van der Waals surface area contributed by atoms with Crippen molar-refractivity contribution in [2.75, 3.05) is 5.73 Å². The number of anilines is 1. The maximum Gasteiger partial charge on any atom is 0.353 e. The largest absolute Gasteiger partial charge is 0.405 e. The second-order valence-corrected chi connectivity index (χ2v) is 6.46. The molecule has 9 nitrogen and oxygen atoms in total. The maximum atomic E-state index is 12.2. The number of nitrogens with two attached hydrogens (primary N) is 1. The summed E-state index contributed by atoms with van der Waals surface area (Å²) in [4.78, 5) is 19.6. The van der Waals surface area contributed by atoms with Gasteiger partial charge in [-0.2, -0.15) is 4.98 Å². The van der Waals surface area contributed by atoms with Crippen molar-refractivity contribution >= 4 is 50.9 Å². The molecule has 1 aromatic rings. The Morgan fingerprint density at radius 3 is 2.23 bits per heavy atom. The first-order chi connectivity index (χ1) is 9.84. The Morgan fingerprint density at radius 1 is 1.27 bits per heavy atom. The Balaban J connectivity index is 2.64. The van der Waals surface area contributed by atoms with Gasteiger partial charge in [0.05, 0.1) is 11.2 Å². The summed E-state index contributed by atoms with van der Waals surface area (Å²) in [5, 5.41) is 29.6. The summed E-state index contributed by atoms with van der Waals surface area (Å²) in [7, 11) is 7.29. The molecule has 0 saturated carbocycles. The highest BCUT2D eigenvalue weighted by atomic mass is 16.6. The summed E-state index contributed by atoms with van der Waals surface area (Å²) < 4.78 is 6.83. The molecule has 0 amide bonds. The number of aromatic nitrogens is 3. The lowest BCUT2D eigenvalue weighted by Crippen LogP contribution is -2.63. The highest BCUT2D eigenvalue weighted by molar-refractivity contribution is 6.44. The third-order valence-electron chi connectivity index (χ3n) is 4.49. The minimum atomic E-state index is -1.65. The Bertz CT molecular complexity index is 667. The quantitative estimate of drug-likeness (QED) is 0.394. The average molecular weight is 303 g/mol. The molecule has 1 aromatic heterocycles. The van der Waals surface area contributed by atoms with Crippen LogP contribution in [0.5, 0.6) is 0 Å². The van der Waals surface area contributed by atoms with Crippen LogP contribution in [-0.4, -0.2) is 92.2 Å². The van der Waals surface area contributed by atoms with Crippen LogP contribution in [0, 0.1) is 0 Å². The van der Waals surface area contributed by atoms with Gasteiger partial charge in [0.1, 0.15) is 41.4 Å². The van der Waals surface area contributed by atoms with E-state index in [9.17, 15) is 20.1 Å². The number of hydrogen-bond acceptors (Lipinski definition) is 8. The van der Waals surface area contributed by atoms with Crippen LogP contribution in [0.15, 0.2) is 4.79 Å². The van der Waals surface area contributed by atoms with E-state index in [1.54, 1.807) is 0 Å². The van der Waals surface area contributed by atoms with Gasteiger partial charge < -0.3 is 25.8 Å². The number of aliphatic hydroxyl groups is 3. The lowest BCUT2D eigenvalue weighted by molar-refractivity contribution is -0.126. The van der Waals surface area contributed by atoms with Gasteiger partial charge in [0.2, 0.25) is 5.95 Å².